The summed E-state index contributed by atoms with van der Waals surface area (Å²) in [4.78, 5) is 0. The molecule has 0 bridgehead atoms. The largest absolute Gasteiger partial charge is 0.496 e. The van der Waals surface area contributed by atoms with Crippen molar-refractivity contribution in [3.63, 3.8) is 0 Å². The lowest BCUT2D eigenvalue weighted by molar-refractivity contribution is 0.375. The van der Waals surface area contributed by atoms with Gasteiger partial charge in [0.05, 0.1) is 19.8 Å². The van der Waals surface area contributed by atoms with Gasteiger partial charge in [0.15, 0.2) is 0 Å². The van der Waals surface area contributed by atoms with Crippen molar-refractivity contribution >= 4 is 11.4 Å². The number of nitrogens with one attached hydrogen (secondary N) is 2. The molecule has 2 N–H and O–H groups in total. The second kappa shape index (κ2) is 11.2. The van der Waals surface area contributed by atoms with Crippen molar-refractivity contribution in [1.29, 1.82) is 0 Å². The molecule has 0 aliphatic carbocycles. The van der Waals surface area contributed by atoms with Crippen LogP contribution in [0.5, 0.6) is 23.0 Å². The lowest BCUT2D eigenvalue weighted by Crippen LogP contribution is -2.14. The maximum atomic E-state index is 13.1. The molecular weight excluding hydrogens is 431 g/mol. The van der Waals surface area contributed by atoms with Gasteiger partial charge >= 0.3 is 0 Å². The normalized spacial score (nSPS) is 10.6. The van der Waals surface area contributed by atoms with Gasteiger partial charge < -0.3 is 24.8 Å². The Kier molecular flexibility index (Phi) is 7.63. The Labute approximate surface area is 199 Å². The molecule has 0 atom stereocenters. The molecule has 0 unspecified atom stereocenters. The SMILES string of the molecule is COc1cc(Oc2cccc(Nc3ccccc3)c2)cc(OC)c1CNCc1ccc(F)cc1. The molecule has 34 heavy (non-hydrogen) atoms. The van der Waals surface area contributed by atoms with E-state index in [-0.39, 0.29) is 5.82 Å². The van der Waals surface area contributed by atoms with Crippen molar-refractivity contribution in [2.45, 2.75) is 13.1 Å². The van der Waals surface area contributed by atoms with Crippen molar-refractivity contribution in [3.8, 4) is 23.0 Å². The molecule has 0 heterocycles. The van der Waals surface area contributed by atoms with Gasteiger partial charge in [-0.2, -0.15) is 0 Å². The molecule has 4 aromatic rings. The third-order valence-electron chi connectivity index (χ3n) is 5.26. The molecule has 5 nitrogen and oxygen atoms in total. The minimum absolute atomic E-state index is 0.246. The number of anilines is 2. The summed E-state index contributed by atoms with van der Waals surface area (Å²) >= 11 is 0. The van der Waals surface area contributed by atoms with Crippen molar-refractivity contribution in [1.82, 2.24) is 5.32 Å². The van der Waals surface area contributed by atoms with Crippen LogP contribution in [0.4, 0.5) is 15.8 Å². The number of methoxy groups -OCH3 is 2. The summed E-state index contributed by atoms with van der Waals surface area (Å²) in [5.74, 6) is 2.35. The predicted octanol–water partition coefficient (Wildman–Crippen LogP) is 6.67. The van der Waals surface area contributed by atoms with Crippen molar-refractivity contribution < 1.29 is 18.6 Å². The third kappa shape index (κ3) is 6.05. The summed E-state index contributed by atoms with van der Waals surface area (Å²) in [5.41, 5.74) is 3.78. The molecule has 0 aliphatic heterocycles. The van der Waals surface area contributed by atoms with Crippen molar-refractivity contribution in [2.24, 2.45) is 0 Å². The lowest BCUT2D eigenvalue weighted by atomic mass is 10.1. The van der Waals surface area contributed by atoms with Gasteiger partial charge in [-0.3, -0.25) is 0 Å². The highest BCUT2D eigenvalue weighted by molar-refractivity contribution is 5.61. The molecule has 4 aromatic carbocycles. The maximum Gasteiger partial charge on any atom is 0.134 e. The standard InChI is InChI=1S/C28H27FN2O3/c1-32-27-16-25(34-24-10-6-9-23(15-24)31-22-7-4-3-5-8-22)17-28(33-2)26(27)19-30-18-20-11-13-21(29)14-12-20/h3-17,30-31H,18-19H2,1-2H3. The maximum absolute atomic E-state index is 13.1. The number of halogens is 1. The minimum Gasteiger partial charge on any atom is -0.496 e. The van der Waals surface area contributed by atoms with Gasteiger partial charge in [0.25, 0.3) is 0 Å². The van der Waals surface area contributed by atoms with Crippen LogP contribution < -0.4 is 24.8 Å². The van der Waals surface area contributed by atoms with Gasteiger partial charge in [-0.1, -0.05) is 36.4 Å². The van der Waals surface area contributed by atoms with E-state index in [1.807, 2.05) is 66.7 Å². The zero-order valence-corrected chi connectivity index (χ0v) is 19.2. The first-order chi connectivity index (χ1) is 16.6. The summed E-state index contributed by atoms with van der Waals surface area (Å²) < 4.78 is 30.5. The highest BCUT2D eigenvalue weighted by atomic mass is 19.1. The second-order valence-electron chi connectivity index (χ2n) is 7.66. The summed E-state index contributed by atoms with van der Waals surface area (Å²) in [6, 6.07) is 27.8. The quantitative estimate of drug-likeness (QED) is 0.278. The van der Waals surface area contributed by atoms with Crippen LogP contribution in [0.3, 0.4) is 0 Å². The van der Waals surface area contributed by atoms with Crippen molar-refractivity contribution in [3.05, 3.63) is 108 Å². The molecule has 0 saturated heterocycles. The molecule has 0 radical (unpaired) electrons. The zero-order valence-electron chi connectivity index (χ0n) is 19.2. The van der Waals surface area contributed by atoms with E-state index in [2.05, 4.69) is 10.6 Å². The predicted molar refractivity (Wildman–Crippen MR) is 133 cm³/mol. The van der Waals surface area contributed by atoms with Crippen LogP contribution in [0.1, 0.15) is 11.1 Å². The lowest BCUT2D eigenvalue weighted by Gasteiger charge is -2.17. The van der Waals surface area contributed by atoms with Crippen LogP contribution in [0, 0.1) is 5.82 Å². The topological polar surface area (TPSA) is 51.8 Å². The Balaban J connectivity index is 1.47. The molecule has 0 spiro atoms. The summed E-state index contributed by atoms with van der Waals surface area (Å²) in [5, 5.41) is 6.72. The molecule has 0 amide bonds. The van der Waals surface area contributed by atoms with E-state index in [0.717, 1.165) is 22.5 Å². The van der Waals surface area contributed by atoms with Crippen LogP contribution in [0.25, 0.3) is 0 Å². The summed E-state index contributed by atoms with van der Waals surface area (Å²) in [6.45, 7) is 1.10. The average molecular weight is 459 g/mol. The van der Waals surface area contributed by atoms with E-state index in [9.17, 15) is 4.39 Å². The number of hydrogen-bond donors (Lipinski definition) is 2. The monoisotopic (exact) mass is 458 g/mol. The highest BCUT2D eigenvalue weighted by Gasteiger charge is 2.14. The van der Waals surface area contributed by atoms with Crippen molar-refractivity contribution in [2.75, 3.05) is 19.5 Å². The van der Waals surface area contributed by atoms with Gasteiger partial charge in [-0.05, 0) is 42.0 Å². The molecule has 4 rings (SSSR count). The fraction of sp³-hybridized carbons (Fsp3) is 0.143. The molecule has 0 saturated carbocycles. The number of rotatable bonds is 10. The van der Waals surface area contributed by atoms with Crippen LogP contribution in [0.2, 0.25) is 0 Å². The third-order valence-corrected chi connectivity index (χ3v) is 5.26. The van der Waals surface area contributed by atoms with Crippen LogP contribution in [-0.4, -0.2) is 14.2 Å². The van der Waals surface area contributed by atoms with Crippen LogP contribution in [0.15, 0.2) is 91.0 Å². The number of benzene rings is 4. The van der Waals surface area contributed by atoms with Crippen LogP contribution in [-0.2, 0) is 13.1 Å². The smallest absolute Gasteiger partial charge is 0.134 e. The number of para-hydroxylation sites is 1. The fourth-order valence-electron chi connectivity index (χ4n) is 3.59. The van der Waals surface area contributed by atoms with E-state index in [0.29, 0.717) is 36.1 Å². The molecule has 0 fully saturated rings. The van der Waals surface area contributed by atoms with Gasteiger partial charge in [-0.25, -0.2) is 4.39 Å². The fourth-order valence-corrected chi connectivity index (χ4v) is 3.59. The molecule has 0 aromatic heterocycles. The van der Waals surface area contributed by atoms with E-state index in [1.165, 1.54) is 12.1 Å². The van der Waals surface area contributed by atoms with Gasteiger partial charge in [0, 0.05) is 42.7 Å². The average Bonchev–Trinajstić information content (AvgIpc) is 2.86. The van der Waals surface area contributed by atoms with Gasteiger partial charge in [0.2, 0.25) is 0 Å². The number of ether oxygens (including phenoxy) is 3. The van der Waals surface area contributed by atoms with E-state index in [4.69, 9.17) is 14.2 Å². The van der Waals surface area contributed by atoms with Gasteiger partial charge in [-0.15, -0.1) is 0 Å². The Bertz CT molecular complexity index is 1190. The summed E-state index contributed by atoms with van der Waals surface area (Å²) in [7, 11) is 3.23. The molecule has 6 heteroatoms. The van der Waals surface area contributed by atoms with Crippen LogP contribution >= 0.6 is 0 Å². The molecular formula is C28H27FN2O3. The Morgan fingerprint density at radius 2 is 1.35 bits per heavy atom. The molecule has 0 aliphatic rings. The number of hydrogen-bond acceptors (Lipinski definition) is 5. The Hall–Kier alpha value is -4.03. The molecule has 174 valence electrons. The first-order valence-electron chi connectivity index (χ1n) is 10.9. The van der Waals surface area contributed by atoms with Gasteiger partial charge in [0.1, 0.15) is 28.8 Å². The summed E-state index contributed by atoms with van der Waals surface area (Å²) in [6.07, 6.45) is 0. The Morgan fingerprint density at radius 3 is 2.03 bits per heavy atom. The second-order valence-corrected chi connectivity index (χ2v) is 7.66. The highest BCUT2D eigenvalue weighted by Crippen LogP contribution is 2.36. The first-order valence-corrected chi connectivity index (χ1v) is 10.9. The Morgan fingerprint density at radius 1 is 0.676 bits per heavy atom. The minimum atomic E-state index is -0.246. The van der Waals surface area contributed by atoms with E-state index >= 15 is 0 Å². The zero-order chi connectivity index (χ0) is 23.8. The first kappa shape index (κ1) is 23.1. The van der Waals surface area contributed by atoms with E-state index < -0.39 is 0 Å². The van der Waals surface area contributed by atoms with E-state index in [1.54, 1.807) is 26.4 Å².